The number of pyridine rings is 1. The van der Waals surface area contributed by atoms with Crippen LogP contribution in [0.25, 0.3) is 0 Å². The van der Waals surface area contributed by atoms with Crippen LogP contribution in [0.2, 0.25) is 0 Å². The second-order valence-electron chi connectivity index (χ2n) is 3.92. The molecular formula is C13H13FN2O2S. The van der Waals surface area contributed by atoms with Crippen molar-refractivity contribution in [2.75, 3.05) is 6.54 Å². The van der Waals surface area contributed by atoms with Gasteiger partial charge in [-0.15, -0.1) is 0 Å². The van der Waals surface area contributed by atoms with Crippen LogP contribution < -0.4 is 4.72 Å². The van der Waals surface area contributed by atoms with Crippen molar-refractivity contribution < 1.29 is 12.8 Å². The van der Waals surface area contributed by atoms with Gasteiger partial charge in [-0.2, -0.15) is 0 Å². The van der Waals surface area contributed by atoms with Crippen LogP contribution in [-0.2, 0) is 16.4 Å². The Balaban J connectivity index is 1.97. The van der Waals surface area contributed by atoms with Crippen molar-refractivity contribution in [3.8, 4) is 0 Å². The van der Waals surface area contributed by atoms with E-state index in [-0.39, 0.29) is 11.4 Å². The summed E-state index contributed by atoms with van der Waals surface area (Å²) in [7, 11) is -3.59. The molecule has 1 aromatic carbocycles. The number of benzene rings is 1. The minimum absolute atomic E-state index is 0.0509. The topological polar surface area (TPSA) is 59.1 Å². The molecule has 0 saturated carbocycles. The van der Waals surface area contributed by atoms with Crippen LogP contribution in [0.15, 0.2) is 53.6 Å². The van der Waals surface area contributed by atoms with Crippen molar-refractivity contribution in [3.05, 3.63) is 60.2 Å². The number of halogens is 1. The average molecular weight is 280 g/mol. The number of nitrogens with one attached hydrogen (secondary N) is 1. The molecule has 1 aromatic heterocycles. The van der Waals surface area contributed by atoms with Crippen LogP contribution in [-0.4, -0.2) is 19.9 Å². The number of aromatic nitrogens is 1. The standard InChI is InChI=1S/C13H13FN2O2S/c14-11-4-6-13(7-5-11)19(17,18)16-10-8-12-3-1-2-9-15-12/h1-7,9,16H,8,10H2. The monoisotopic (exact) mass is 280 g/mol. The molecule has 1 N–H and O–H groups in total. The zero-order valence-electron chi connectivity index (χ0n) is 10.1. The van der Waals surface area contributed by atoms with Crippen LogP contribution in [0.1, 0.15) is 5.69 Å². The molecule has 0 spiro atoms. The van der Waals surface area contributed by atoms with E-state index in [0.29, 0.717) is 6.42 Å². The first kappa shape index (κ1) is 13.6. The van der Waals surface area contributed by atoms with Gasteiger partial charge in [0, 0.05) is 24.9 Å². The number of hydrogen-bond acceptors (Lipinski definition) is 3. The Morgan fingerprint density at radius 1 is 1.11 bits per heavy atom. The smallest absolute Gasteiger partial charge is 0.240 e. The highest BCUT2D eigenvalue weighted by molar-refractivity contribution is 7.89. The SMILES string of the molecule is O=S(=O)(NCCc1ccccn1)c1ccc(F)cc1. The molecule has 0 radical (unpaired) electrons. The Hall–Kier alpha value is -1.79. The molecule has 0 aliphatic heterocycles. The zero-order chi connectivity index (χ0) is 13.7. The van der Waals surface area contributed by atoms with Gasteiger partial charge in [-0.25, -0.2) is 17.5 Å². The first-order valence-electron chi connectivity index (χ1n) is 5.73. The number of nitrogens with zero attached hydrogens (tertiary/aromatic N) is 1. The summed E-state index contributed by atoms with van der Waals surface area (Å²) in [6.07, 6.45) is 2.16. The molecule has 0 unspecified atom stereocenters. The molecule has 4 nitrogen and oxygen atoms in total. The molecule has 0 saturated heterocycles. The van der Waals surface area contributed by atoms with Gasteiger partial charge in [0.15, 0.2) is 0 Å². The lowest BCUT2D eigenvalue weighted by Crippen LogP contribution is -2.26. The molecule has 0 amide bonds. The van der Waals surface area contributed by atoms with Crippen LogP contribution in [0, 0.1) is 5.82 Å². The van der Waals surface area contributed by atoms with E-state index in [1.807, 2.05) is 12.1 Å². The highest BCUT2D eigenvalue weighted by Crippen LogP contribution is 2.09. The molecular weight excluding hydrogens is 267 g/mol. The maximum absolute atomic E-state index is 12.7. The summed E-state index contributed by atoms with van der Waals surface area (Å²) in [5.41, 5.74) is 0.810. The Bertz CT molecular complexity index is 627. The molecule has 0 aliphatic carbocycles. The van der Waals surface area contributed by atoms with E-state index in [2.05, 4.69) is 9.71 Å². The Labute approximate surface area is 111 Å². The lowest BCUT2D eigenvalue weighted by atomic mass is 10.3. The minimum Gasteiger partial charge on any atom is -0.261 e. The maximum atomic E-state index is 12.7. The van der Waals surface area contributed by atoms with Crippen molar-refractivity contribution in [2.24, 2.45) is 0 Å². The molecule has 0 fully saturated rings. The van der Waals surface area contributed by atoms with Gasteiger partial charge in [-0.05, 0) is 36.4 Å². The fourth-order valence-electron chi connectivity index (χ4n) is 1.56. The average Bonchev–Trinajstić information content (AvgIpc) is 2.40. The molecule has 100 valence electrons. The van der Waals surface area contributed by atoms with Gasteiger partial charge in [0.25, 0.3) is 0 Å². The van der Waals surface area contributed by atoms with Crippen molar-refractivity contribution >= 4 is 10.0 Å². The van der Waals surface area contributed by atoms with Crippen molar-refractivity contribution in [1.29, 1.82) is 0 Å². The van der Waals surface area contributed by atoms with E-state index in [4.69, 9.17) is 0 Å². The molecule has 0 bridgehead atoms. The fraction of sp³-hybridized carbons (Fsp3) is 0.154. The molecule has 6 heteroatoms. The van der Waals surface area contributed by atoms with Gasteiger partial charge in [-0.3, -0.25) is 4.98 Å². The summed E-state index contributed by atoms with van der Waals surface area (Å²) in [5, 5.41) is 0. The third-order valence-corrected chi connectivity index (χ3v) is 4.00. The first-order valence-corrected chi connectivity index (χ1v) is 7.21. The molecule has 1 heterocycles. The lowest BCUT2D eigenvalue weighted by molar-refractivity contribution is 0.580. The highest BCUT2D eigenvalue weighted by Gasteiger charge is 2.13. The van der Waals surface area contributed by atoms with Gasteiger partial charge in [-0.1, -0.05) is 6.07 Å². The molecule has 0 aliphatic rings. The highest BCUT2D eigenvalue weighted by atomic mass is 32.2. The van der Waals surface area contributed by atoms with Gasteiger partial charge < -0.3 is 0 Å². The third kappa shape index (κ3) is 3.84. The van der Waals surface area contributed by atoms with E-state index in [0.717, 1.165) is 17.8 Å². The third-order valence-electron chi connectivity index (χ3n) is 2.52. The second kappa shape index (κ2) is 5.90. The summed E-state index contributed by atoms with van der Waals surface area (Å²) in [6.45, 7) is 0.247. The molecule has 2 aromatic rings. The van der Waals surface area contributed by atoms with Crippen molar-refractivity contribution in [2.45, 2.75) is 11.3 Å². The Morgan fingerprint density at radius 3 is 2.47 bits per heavy atom. The normalized spacial score (nSPS) is 11.4. The number of sulfonamides is 1. The molecule has 19 heavy (non-hydrogen) atoms. The first-order chi connectivity index (χ1) is 9.08. The zero-order valence-corrected chi connectivity index (χ0v) is 10.9. The summed E-state index contributed by atoms with van der Waals surface area (Å²) in [5.74, 6) is -0.465. The van der Waals surface area contributed by atoms with Crippen LogP contribution >= 0.6 is 0 Å². The lowest BCUT2D eigenvalue weighted by Gasteiger charge is -2.06. The van der Waals surface area contributed by atoms with E-state index >= 15 is 0 Å². The maximum Gasteiger partial charge on any atom is 0.240 e. The van der Waals surface area contributed by atoms with Gasteiger partial charge in [0.2, 0.25) is 10.0 Å². The van der Waals surface area contributed by atoms with E-state index < -0.39 is 15.8 Å². The summed E-state index contributed by atoms with van der Waals surface area (Å²) in [6, 6.07) is 10.2. The van der Waals surface area contributed by atoms with E-state index in [1.54, 1.807) is 12.3 Å². The largest absolute Gasteiger partial charge is 0.261 e. The second-order valence-corrected chi connectivity index (χ2v) is 5.69. The Morgan fingerprint density at radius 2 is 1.84 bits per heavy atom. The van der Waals surface area contributed by atoms with Gasteiger partial charge in [0.1, 0.15) is 5.82 Å². The fourth-order valence-corrected chi connectivity index (χ4v) is 2.59. The molecule has 2 rings (SSSR count). The van der Waals surface area contributed by atoms with Crippen LogP contribution in [0.3, 0.4) is 0 Å². The predicted octanol–water partition coefficient (Wildman–Crippen LogP) is 1.74. The number of hydrogen-bond donors (Lipinski definition) is 1. The summed E-state index contributed by atoms with van der Waals surface area (Å²) < 4.78 is 38.9. The van der Waals surface area contributed by atoms with Crippen LogP contribution in [0.5, 0.6) is 0 Å². The number of rotatable bonds is 5. The molecule has 0 atom stereocenters. The summed E-state index contributed by atoms with van der Waals surface area (Å²) in [4.78, 5) is 4.15. The van der Waals surface area contributed by atoms with Gasteiger partial charge >= 0.3 is 0 Å². The Kier molecular flexibility index (Phi) is 4.24. The van der Waals surface area contributed by atoms with E-state index in [9.17, 15) is 12.8 Å². The summed E-state index contributed by atoms with van der Waals surface area (Å²) >= 11 is 0. The minimum atomic E-state index is -3.59. The predicted molar refractivity (Wildman–Crippen MR) is 69.5 cm³/mol. The van der Waals surface area contributed by atoms with Crippen LogP contribution in [0.4, 0.5) is 4.39 Å². The van der Waals surface area contributed by atoms with Crippen molar-refractivity contribution in [1.82, 2.24) is 9.71 Å². The van der Waals surface area contributed by atoms with Crippen molar-refractivity contribution in [3.63, 3.8) is 0 Å². The van der Waals surface area contributed by atoms with E-state index in [1.165, 1.54) is 12.1 Å². The van der Waals surface area contributed by atoms with Gasteiger partial charge in [0.05, 0.1) is 4.90 Å². The quantitative estimate of drug-likeness (QED) is 0.907.